The van der Waals surface area contributed by atoms with E-state index in [1.807, 2.05) is 30.4 Å². The highest BCUT2D eigenvalue weighted by Crippen LogP contribution is 2.29. The van der Waals surface area contributed by atoms with E-state index >= 15 is 0 Å². The Hall–Kier alpha value is -2.82. The Labute approximate surface area is 234 Å². The largest absolute Gasteiger partial charge is 0.449 e. The Kier molecular flexibility index (Phi) is 17.7. The normalized spacial score (nSPS) is 14.0. The van der Waals surface area contributed by atoms with Gasteiger partial charge in [-0.15, -0.1) is 0 Å². The standard InChI is InChI=1S/C34H47F3O2/c1-5-6-7-8-9-10-11-12-13-14-15-16-17-18-19-20-21-22-32(34(35,36)37)39-33(38)29(4)31-25-23-30(24-26-31)27-28(2)3/h9-10,12-13,15-16,18-19,22-26,28-29H,5-8,11,14,17,20-21,27H2,1-4H3/b10-9-,13-12-,16-15-,19-18-,32-22+. The third-order valence-corrected chi connectivity index (χ3v) is 6.09. The molecular weight excluding hydrogens is 497 g/mol. The van der Waals surface area contributed by atoms with Crippen LogP contribution in [0.3, 0.4) is 0 Å². The molecule has 0 aliphatic heterocycles. The molecule has 0 radical (unpaired) electrons. The fourth-order valence-corrected chi connectivity index (χ4v) is 3.83. The molecular formula is C34H47F3O2. The van der Waals surface area contributed by atoms with Crippen molar-refractivity contribution in [3.8, 4) is 0 Å². The van der Waals surface area contributed by atoms with Crippen molar-refractivity contribution in [2.24, 2.45) is 5.92 Å². The molecule has 0 saturated heterocycles. The van der Waals surface area contributed by atoms with Crippen LogP contribution in [-0.4, -0.2) is 12.1 Å². The summed E-state index contributed by atoms with van der Waals surface area (Å²) in [7, 11) is 0. The number of carbonyl (C=O) groups excluding carboxylic acids is 1. The lowest BCUT2D eigenvalue weighted by Crippen LogP contribution is -2.21. The van der Waals surface area contributed by atoms with Gasteiger partial charge < -0.3 is 4.74 Å². The molecule has 0 fully saturated rings. The Balaban J connectivity index is 2.42. The van der Waals surface area contributed by atoms with Gasteiger partial charge in [-0.1, -0.05) is 106 Å². The van der Waals surface area contributed by atoms with Gasteiger partial charge in [0.15, 0.2) is 0 Å². The molecule has 0 heterocycles. The molecule has 1 unspecified atom stereocenters. The summed E-state index contributed by atoms with van der Waals surface area (Å²) >= 11 is 0. The average molecular weight is 545 g/mol. The number of carbonyl (C=O) groups is 1. The van der Waals surface area contributed by atoms with Crippen molar-refractivity contribution in [1.82, 2.24) is 0 Å². The second-order valence-electron chi connectivity index (χ2n) is 10.2. The second-order valence-corrected chi connectivity index (χ2v) is 10.2. The zero-order valence-electron chi connectivity index (χ0n) is 24.2. The Morgan fingerprint density at radius 3 is 1.85 bits per heavy atom. The quantitative estimate of drug-likeness (QED) is 0.0795. The van der Waals surface area contributed by atoms with Crippen molar-refractivity contribution in [1.29, 1.82) is 0 Å². The fourth-order valence-electron chi connectivity index (χ4n) is 3.83. The highest BCUT2D eigenvalue weighted by molar-refractivity contribution is 5.78. The number of hydrogen-bond donors (Lipinski definition) is 0. The zero-order valence-corrected chi connectivity index (χ0v) is 24.2. The number of esters is 1. The summed E-state index contributed by atoms with van der Waals surface area (Å²) in [5.74, 6) is -2.45. The first-order valence-corrected chi connectivity index (χ1v) is 14.3. The van der Waals surface area contributed by atoms with Gasteiger partial charge in [-0.3, -0.25) is 4.79 Å². The first kappa shape index (κ1) is 34.2. The number of halogens is 3. The zero-order chi connectivity index (χ0) is 28.9. The molecule has 0 amide bonds. The minimum absolute atomic E-state index is 0.134. The second kappa shape index (κ2) is 20.1. The predicted molar refractivity (Wildman–Crippen MR) is 157 cm³/mol. The fraction of sp³-hybridized carbons (Fsp3) is 0.500. The van der Waals surface area contributed by atoms with E-state index in [9.17, 15) is 18.0 Å². The molecule has 1 aromatic rings. The Morgan fingerprint density at radius 2 is 1.33 bits per heavy atom. The van der Waals surface area contributed by atoms with E-state index < -0.39 is 23.8 Å². The number of rotatable bonds is 18. The number of allylic oxidation sites excluding steroid dienone is 10. The van der Waals surface area contributed by atoms with Crippen molar-refractivity contribution < 1.29 is 22.7 Å². The van der Waals surface area contributed by atoms with Gasteiger partial charge in [0.05, 0.1) is 5.92 Å². The van der Waals surface area contributed by atoms with Crippen molar-refractivity contribution >= 4 is 5.97 Å². The van der Waals surface area contributed by atoms with Crippen LogP contribution >= 0.6 is 0 Å². The van der Waals surface area contributed by atoms with Gasteiger partial charge in [-0.05, 0) is 81.4 Å². The van der Waals surface area contributed by atoms with E-state index in [0.29, 0.717) is 17.9 Å². The highest BCUT2D eigenvalue weighted by atomic mass is 19.4. The number of unbranched alkanes of at least 4 members (excludes halogenated alkanes) is 4. The lowest BCUT2D eigenvalue weighted by Gasteiger charge is -2.16. The summed E-state index contributed by atoms with van der Waals surface area (Å²) in [6, 6.07) is 7.38. The lowest BCUT2D eigenvalue weighted by molar-refractivity contribution is -0.161. The van der Waals surface area contributed by atoms with Crippen molar-refractivity contribution in [3.05, 3.63) is 95.8 Å². The molecule has 1 aromatic carbocycles. The maximum Gasteiger partial charge on any atom is 0.449 e. The van der Waals surface area contributed by atoms with Crippen LogP contribution in [0.2, 0.25) is 0 Å². The van der Waals surface area contributed by atoms with Crippen LogP contribution < -0.4 is 0 Å². The minimum Gasteiger partial charge on any atom is -0.421 e. The maximum absolute atomic E-state index is 13.4. The third kappa shape index (κ3) is 16.7. The molecule has 0 aliphatic carbocycles. The minimum atomic E-state index is -4.72. The molecule has 1 atom stereocenters. The highest BCUT2D eigenvalue weighted by Gasteiger charge is 2.38. The molecule has 216 valence electrons. The van der Waals surface area contributed by atoms with Gasteiger partial charge in [-0.25, -0.2) is 0 Å². The molecule has 1 rings (SSSR count). The van der Waals surface area contributed by atoms with E-state index in [1.165, 1.54) is 19.3 Å². The van der Waals surface area contributed by atoms with Gasteiger partial charge in [0.2, 0.25) is 5.76 Å². The van der Waals surface area contributed by atoms with Gasteiger partial charge in [0.1, 0.15) is 0 Å². The number of benzene rings is 1. The van der Waals surface area contributed by atoms with Crippen molar-refractivity contribution in [2.75, 3.05) is 0 Å². The number of alkyl halides is 3. The van der Waals surface area contributed by atoms with Crippen LogP contribution in [-0.2, 0) is 16.0 Å². The van der Waals surface area contributed by atoms with E-state index in [-0.39, 0.29) is 6.42 Å². The van der Waals surface area contributed by atoms with Crippen LogP contribution in [0.15, 0.2) is 84.7 Å². The monoisotopic (exact) mass is 544 g/mol. The third-order valence-electron chi connectivity index (χ3n) is 6.09. The molecule has 5 heteroatoms. The molecule has 0 bridgehead atoms. The first-order valence-electron chi connectivity index (χ1n) is 14.3. The smallest absolute Gasteiger partial charge is 0.421 e. The van der Waals surface area contributed by atoms with Crippen molar-refractivity contribution in [3.63, 3.8) is 0 Å². The lowest BCUT2D eigenvalue weighted by atomic mass is 9.97. The van der Waals surface area contributed by atoms with Gasteiger partial charge >= 0.3 is 12.1 Å². The summed E-state index contributed by atoms with van der Waals surface area (Å²) in [5.41, 5.74) is 1.76. The van der Waals surface area contributed by atoms with Crippen LogP contribution in [0.1, 0.15) is 103 Å². The summed E-state index contributed by atoms with van der Waals surface area (Å²) < 4.78 is 45.1. The predicted octanol–water partition coefficient (Wildman–Crippen LogP) is 10.7. The number of hydrogen-bond acceptors (Lipinski definition) is 2. The van der Waals surface area contributed by atoms with Crippen LogP contribution in [0.25, 0.3) is 0 Å². The molecule has 0 N–H and O–H groups in total. The molecule has 0 aliphatic rings. The molecule has 0 spiro atoms. The van der Waals surface area contributed by atoms with Crippen LogP contribution in [0, 0.1) is 5.92 Å². The van der Waals surface area contributed by atoms with Gasteiger partial charge in [0.25, 0.3) is 0 Å². The first-order chi connectivity index (χ1) is 18.6. The summed E-state index contributed by atoms with van der Waals surface area (Å²) in [6.45, 7) is 7.99. The van der Waals surface area contributed by atoms with E-state index in [2.05, 4.69) is 51.2 Å². The SMILES string of the molecule is CCCCC/C=C\C/C=C\C/C=C\C/C=C\CC/C=C(/OC(=O)C(C)c1ccc(CC(C)C)cc1)C(F)(F)F. The summed E-state index contributed by atoms with van der Waals surface area (Å²) in [6.07, 6.45) is 21.8. The Bertz CT molecular complexity index is 948. The van der Waals surface area contributed by atoms with Crippen LogP contribution in [0.5, 0.6) is 0 Å². The molecule has 39 heavy (non-hydrogen) atoms. The molecule has 2 nitrogen and oxygen atoms in total. The number of ether oxygens (including phenoxy) is 1. The van der Waals surface area contributed by atoms with E-state index in [4.69, 9.17) is 4.74 Å². The van der Waals surface area contributed by atoms with E-state index in [1.54, 1.807) is 19.1 Å². The molecule has 0 saturated carbocycles. The van der Waals surface area contributed by atoms with Crippen LogP contribution in [0.4, 0.5) is 13.2 Å². The average Bonchev–Trinajstić information content (AvgIpc) is 2.88. The molecule has 0 aromatic heterocycles. The Morgan fingerprint density at radius 1 is 0.795 bits per heavy atom. The maximum atomic E-state index is 13.4. The van der Waals surface area contributed by atoms with Gasteiger partial charge in [-0.2, -0.15) is 13.2 Å². The van der Waals surface area contributed by atoms with Crippen molar-refractivity contribution in [2.45, 2.75) is 104 Å². The summed E-state index contributed by atoms with van der Waals surface area (Å²) in [5, 5.41) is 0. The van der Waals surface area contributed by atoms with E-state index in [0.717, 1.165) is 43.7 Å². The topological polar surface area (TPSA) is 26.3 Å². The van der Waals surface area contributed by atoms with Gasteiger partial charge in [0, 0.05) is 0 Å². The summed E-state index contributed by atoms with van der Waals surface area (Å²) in [4.78, 5) is 12.5.